The first-order chi connectivity index (χ1) is 13.5. The van der Waals surface area contributed by atoms with E-state index in [1.807, 2.05) is 0 Å². The van der Waals surface area contributed by atoms with Gasteiger partial charge in [0.1, 0.15) is 22.5 Å². The highest BCUT2D eigenvalue weighted by Crippen LogP contribution is 2.31. The zero-order chi connectivity index (χ0) is 19.8. The van der Waals surface area contributed by atoms with Crippen molar-refractivity contribution < 1.29 is 14.1 Å². The van der Waals surface area contributed by atoms with Crippen LogP contribution in [0.15, 0.2) is 45.7 Å². The summed E-state index contributed by atoms with van der Waals surface area (Å²) in [7, 11) is 0. The summed E-state index contributed by atoms with van der Waals surface area (Å²) in [5.74, 6) is 0.401. The maximum absolute atomic E-state index is 13.3. The Kier molecular flexibility index (Phi) is 4.60. The number of hydrogen-bond acceptors (Lipinski definition) is 6. The summed E-state index contributed by atoms with van der Waals surface area (Å²) in [5, 5.41) is 5.43. The molecule has 28 heavy (non-hydrogen) atoms. The number of carbonyl (C=O) groups is 1. The van der Waals surface area contributed by atoms with Gasteiger partial charge in [-0.2, -0.15) is 0 Å². The highest BCUT2D eigenvalue weighted by Gasteiger charge is 2.20. The number of benzene rings is 1. The van der Waals surface area contributed by atoms with Crippen molar-refractivity contribution in [2.75, 3.05) is 6.61 Å². The molecule has 0 unspecified atom stereocenters. The van der Waals surface area contributed by atoms with Gasteiger partial charge in [0.2, 0.25) is 0 Å². The molecule has 142 valence electrons. The Morgan fingerprint density at radius 2 is 2.00 bits per heavy atom. The Balaban J connectivity index is 2.00. The molecule has 0 spiro atoms. The molecule has 0 fully saturated rings. The Morgan fingerprint density at radius 3 is 2.79 bits per heavy atom. The molecule has 1 aromatic carbocycles. The molecule has 0 aliphatic heterocycles. The molecule has 0 radical (unpaired) electrons. The largest absolute Gasteiger partial charge is 0.466 e. The van der Waals surface area contributed by atoms with E-state index in [0.717, 1.165) is 0 Å². The summed E-state index contributed by atoms with van der Waals surface area (Å²) in [6.45, 7) is 3.71. The summed E-state index contributed by atoms with van der Waals surface area (Å²) < 4.78 is 11.7. The van der Waals surface area contributed by atoms with Gasteiger partial charge in [0.15, 0.2) is 0 Å². The second-order valence-corrected chi connectivity index (χ2v) is 6.61. The lowest BCUT2D eigenvalue weighted by Crippen LogP contribution is -2.21. The molecule has 4 aromatic rings. The van der Waals surface area contributed by atoms with E-state index in [4.69, 9.17) is 20.9 Å². The first-order valence-electron chi connectivity index (χ1n) is 8.72. The third-order valence-corrected chi connectivity index (χ3v) is 4.72. The number of fused-ring (bicyclic) bond motifs is 3. The van der Waals surface area contributed by atoms with Gasteiger partial charge in [0.05, 0.1) is 29.3 Å². The fourth-order valence-corrected chi connectivity index (χ4v) is 3.49. The van der Waals surface area contributed by atoms with Gasteiger partial charge in [-0.3, -0.25) is 14.2 Å². The number of hydrogen-bond donors (Lipinski definition) is 0. The van der Waals surface area contributed by atoms with Gasteiger partial charge < -0.3 is 9.26 Å². The highest BCUT2D eigenvalue weighted by molar-refractivity contribution is 6.37. The van der Waals surface area contributed by atoms with Crippen LogP contribution in [-0.4, -0.2) is 27.3 Å². The molecule has 3 aromatic heterocycles. The topological polar surface area (TPSA) is 87.2 Å². The van der Waals surface area contributed by atoms with Gasteiger partial charge in [-0.1, -0.05) is 28.9 Å². The van der Waals surface area contributed by atoms with E-state index >= 15 is 0 Å². The number of rotatable bonds is 4. The second kappa shape index (κ2) is 7.09. The first-order valence-corrected chi connectivity index (χ1v) is 9.10. The van der Waals surface area contributed by atoms with E-state index in [2.05, 4.69) is 10.1 Å². The molecule has 3 heterocycles. The summed E-state index contributed by atoms with van der Waals surface area (Å²) in [6, 6.07) is 10.4. The smallest absolute Gasteiger partial charge is 0.311 e. The Bertz CT molecular complexity index is 1280. The van der Waals surface area contributed by atoms with Crippen LogP contribution in [0, 0.1) is 6.92 Å². The van der Waals surface area contributed by atoms with Gasteiger partial charge in [-0.15, -0.1) is 0 Å². The van der Waals surface area contributed by atoms with Crippen molar-refractivity contribution in [2.24, 2.45) is 0 Å². The predicted molar refractivity (Wildman–Crippen MR) is 105 cm³/mol. The fourth-order valence-electron chi connectivity index (χ4n) is 3.23. The van der Waals surface area contributed by atoms with Gasteiger partial charge in [-0.05, 0) is 38.1 Å². The number of pyridine rings is 2. The normalized spacial score (nSPS) is 11.2. The summed E-state index contributed by atoms with van der Waals surface area (Å²) >= 11 is 6.41. The van der Waals surface area contributed by atoms with Gasteiger partial charge in [0.25, 0.3) is 5.56 Å². The second-order valence-electron chi connectivity index (χ2n) is 6.21. The maximum Gasteiger partial charge on any atom is 0.311 e. The highest BCUT2D eigenvalue weighted by atomic mass is 35.5. The molecule has 0 N–H and O–H groups in total. The van der Waals surface area contributed by atoms with E-state index in [-0.39, 0.29) is 17.9 Å². The molecule has 0 saturated heterocycles. The molecule has 0 amide bonds. The van der Waals surface area contributed by atoms with Crippen LogP contribution < -0.4 is 5.56 Å². The predicted octanol–water partition coefficient (Wildman–Crippen LogP) is 3.59. The standard InChI is InChI=1S/C20H16ClN3O4/c1-3-27-16(25)10-12-6-4-9-15(22-12)24-14-8-5-7-13(21)18(14)19-17(20(24)26)11(2)28-23-19/h4-9H,3,10H2,1-2H3. The van der Waals surface area contributed by atoms with E-state index in [1.165, 1.54) is 4.57 Å². The number of nitrogens with zero attached hydrogens (tertiary/aromatic N) is 3. The van der Waals surface area contributed by atoms with Crippen LogP contribution in [0.4, 0.5) is 0 Å². The van der Waals surface area contributed by atoms with Gasteiger partial charge >= 0.3 is 5.97 Å². The van der Waals surface area contributed by atoms with Crippen LogP contribution in [0.2, 0.25) is 5.02 Å². The molecule has 0 atom stereocenters. The van der Waals surface area contributed by atoms with Crippen molar-refractivity contribution in [3.8, 4) is 5.82 Å². The van der Waals surface area contributed by atoms with Crippen molar-refractivity contribution in [3.05, 3.63) is 63.2 Å². The quantitative estimate of drug-likeness (QED) is 0.489. The lowest BCUT2D eigenvalue weighted by Gasteiger charge is -2.12. The molecule has 4 rings (SSSR count). The Labute approximate surface area is 164 Å². The van der Waals surface area contributed by atoms with Crippen LogP contribution >= 0.6 is 11.6 Å². The Morgan fingerprint density at radius 1 is 1.21 bits per heavy atom. The molecular weight excluding hydrogens is 382 g/mol. The maximum atomic E-state index is 13.3. The molecular formula is C20H16ClN3O4. The van der Waals surface area contributed by atoms with E-state index in [1.54, 1.807) is 50.2 Å². The first kappa shape index (κ1) is 18.2. The van der Waals surface area contributed by atoms with Crippen molar-refractivity contribution in [3.63, 3.8) is 0 Å². The summed E-state index contributed by atoms with van der Waals surface area (Å²) in [6.07, 6.45) is 0.0175. The zero-order valence-corrected chi connectivity index (χ0v) is 16.0. The average molecular weight is 398 g/mol. The van der Waals surface area contributed by atoms with Crippen molar-refractivity contribution in [1.29, 1.82) is 0 Å². The number of halogens is 1. The van der Waals surface area contributed by atoms with Crippen LogP contribution in [0.25, 0.3) is 27.6 Å². The molecule has 0 bridgehead atoms. The monoisotopic (exact) mass is 397 g/mol. The molecule has 0 aliphatic rings. The van der Waals surface area contributed by atoms with Crippen LogP contribution in [0.3, 0.4) is 0 Å². The number of aryl methyl sites for hydroxylation is 1. The van der Waals surface area contributed by atoms with Crippen molar-refractivity contribution in [1.82, 2.24) is 14.7 Å². The van der Waals surface area contributed by atoms with Crippen molar-refractivity contribution in [2.45, 2.75) is 20.3 Å². The Hall–Kier alpha value is -3.19. The average Bonchev–Trinajstić information content (AvgIpc) is 3.04. The van der Waals surface area contributed by atoms with Crippen LogP contribution in [0.5, 0.6) is 0 Å². The van der Waals surface area contributed by atoms with Crippen LogP contribution in [-0.2, 0) is 16.0 Å². The summed E-state index contributed by atoms with van der Waals surface area (Å²) in [5.41, 5.74) is 1.16. The SMILES string of the molecule is CCOC(=O)Cc1cccc(-n2c(=O)c3c(C)onc3c3c(Cl)cccc32)n1. The number of carbonyl (C=O) groups excluding carboxylic acids is 1. The lowest BCUT2D eigenvalue weighted by molar-refractivity contribution is -0.142. The van der Waals surface area contributed by atoms with Crippen molar-refractivity contribution >= 4 is 39.4 Å². The van der Waals surface area contributed by atoms with E-state index in [9.17, 15) is 9.59 Å². The third kappa shape index (κ3) is 2.93. The molecule has 0 aliphatic carbocycles. The van der Waals surface area contributed by atoms with Gasteiger partial charge in [-0.25, -0.2) is 4.98 Å². The molecule has 7 nitrogen and oxygen atoms in total. The van der Waals surface area contributed by atoms with E-state index < -0.39 is 0 Å². The minimum absolute atomic E-state index is 0.0175. The third-order valence-electron chi connectivity index (χ3n) is 4.40. The van der Waals surface area contributed by atoms with E-state index in [0.29, 0.717) is 50.7 Å². The molecule has 8 heteroatoms. The minimum atomic E-state index is -0.377. The number of aromatic nitrogens is 3. The van der Waals surface area contributed by atoms with Gasteiger partial charge in [0, 0.05) is 5.39 Å². The molecule has 0 saturated carbocycles. The minimum Gasteiger partial charge on any atom is -0.466 e. The zero-order valence-electron chi connectivity index (χ0n) is 15.2. The lowest BCUT2D eigenvalue weighted by atomic mass is 10.1. The number of esters is 1. The van der Waals surface area contributed by atoms with Crippen LogP contribution in [0.1, 0.15) is 18.4 Å². The number of ether oxygens (including phenoxy) is 1. The summed E-state index contributed by atoms with van der Waals surface area (Å²) in [4.78, 5) is 29.6. The fraction of sp³-hybridized carbons (Fsp3) is 0.200.